The van der Waals surface area contributed by atoms with Crippen LogP contribution in [-0.4, -0.2) is 27.8 Å². The minimum Gasteiger partial charge on any atom is -0.299 e. The Morgan fingerprint density at radius 1 is 1.04 bits per heavy atom. The number of hydrogen-bond donors (Lipinski definition) is 0. The summed E-state index contributed by atoms with van der Waals surface area (Å²) in [5.74, 6) is -0.382. The van der Waals surface area contributed by atoms with Gasteiger partial charge in [0, 0.05) is 24.8 Å². The van der Waals surface area contributed by atoms with Gasteiger partial charge in [0.25, 0.3) is 0 Å². The Balaban J connectivity index is 1.53. The number of benzene rings is 1. The van der Waals surface area contributed by atoms with Gasteiger partial charge in [0.05, 0.1) is 5.69 Å². The van der Waals surface area contributed by atoms with Crippen molar-refractivity contribution in [1.82, 2.24) is 14.7 Å². The summed E-state index contributed by atoms with van der Waals surface area (Å²) in [6, 6.07) is 5.87. The maximum absolute atomic E-state index is 13.3. The summed E-state index contributed by atoms with van der Waals surface area (Å²) in [4.78, 5) is 2.27. The van der Waals surface area contributed by atoms with E-state index in [1.807, 2.05) is 6.92 Å². The number of aromatic nitrogens is 2. The fourth-order valence-corrected chi connectivity index (χ4v) is 3.39. The van der Waals surface area contributed by atoms with Crippen LogP contribution in [0.4, 0.5) is 8.78 Å². The van der Waals surface area contributed by atoms with E-state index < -0.39 is 11.6 Å². The van der Waals surface area contributed by atoms with Crippen molar-refractivity contribution in [3.05, 3.63) is 52.9 Å². The SMILES string of the molecule is Cc1cc(C)n(CC2CCN(Cc3cc(F)cc(F)c3)CC2)n1. The van der Waals surface area contributed by atoms with E-state index >= 15 is 0 Å². The van der Waals surface area contributed by atoms with Gasteiger partial charge in [0.15, 0.2) is 0 Å². The van der Waals surface area contributed by atoms with E-state index in [0.29, 0.717) is 18.0 Å². The highest BCUT2D eigenvalue weighted by atomic mass is 19.1. The van der Waals surface area contributed by atoms with E-state index in [9.17, 15) is 8.78 Å². The Hall–Kier alpha value is -1.75. The highest BCUT2D eigenvalue weighted by Gasteiger charge is 2.20. The molecular weight excluding hydrogens is 296 g/mol. The molecule has 1 saturated heterocycles. The number of aryl methyl sites for hydroxylation is 2. The molecule has 1 fully saturated rings. The molecule has 0 aliphatic carbocycles. The Morgan fingerprint density at radius 3 is 2.26 bits per heavy atom. The van der Waals surface area contributed by atoms with Crippen molar-refractivity contribution in [2.24, 2.45) is 5.92 Å². The van der Waals surface area contributed by atoms with Crippen molar-refractivity contribution in [3.8, 4) is 0 Å². The highest BCUT2D eigenvalue weighted by Crippen LogP contribution is 2.22. The van der Waals surface area contributed by atoms with E-state index in [4.69, 9.17) is 0 Å². The Morgan fingerprint density at radius 2 is 1.70 bits per heavy atom. The summed E-state index contributed by atoms with van der Waals surface area (Å²) in [5.41, 5.74) is 2.98. The molecule has 1 aromatic heterocycles. The fourth-order valence-electron chi connectivity index (χ4n) is 3.39. The van der Waals surface area contributed by atoms with E-state index in [0.717, 1.165) is 44.2 Å². The van der Waals surface area contributed by atoms with Gasteiger partial charge in [-0.1, -0.05) is 0 Å². The standard InChI is InChI=1S/C18H23F2N3/c1-13-7-14(2)23(21-13)12-15-3-5-22(6-4-15)11-16-8-17(19)10-18(20)9-16/h7-10,15H,3-6,11-12H2,1-2H3. The van der Waals surface area contributed by atoms with Crippen molar-refractivity contribution in [2.45, 2.75) is 39.8 Å². The average Bonchev–Trinajstić information content (AvgIpc) is 2.78. The van der Waals surface area contributed by atoms with Crippen LogP contribution < -0.4 is 0 Å². The number of nitrogens with zero attached hydrogens (tertiary/aromatic N) is 3. The van der Waals surface area contributed by atoms with E-state index in [-0.39, 0.29) is 0 Å². The molecule has 2 heterocycles. The first-order valence-corrected chi connectivity index (χ1v) is 8.18. The molecule has 2 aromatic rings. The number of halogens is 2. The second-order valence-corrected chi connectivity index (χ2v) is 6.61. The van der Waals surface area contributed by atoms with Crippen molar-refractivity contribution in [1.29, 1.82) is 0 Å². The number of hydrogen-bond acceptors (Lipinski definition) is 2. The lowest BCUT2D eigenvalue weighted by Crippen LogP contribution is -2.34. The normalized spacial score (nSPS) is 16.9. The van der Waals surface area contributed by atoms with Gasteiger partial charge in [-0.2, -0.15) is 5.10 Å². The molecular formula is C18H23F2N3. The molecule has 1 aliphatic heterocycles. The first-order valence-electron chi connectivity index (χ1n) is 8.18. The summed E-state index contributed by atoms with van der Waals surface area (Å²) in [7, 11) is 0. The van der Waals surface area contributed by atoms with Crippen LogP contribution in [0.5, 0.6) is 0 Å². The Kier molecular flexibility index (Phi) is 4.76. The van der Waals surface area contributed by atoms with Crippen LogP contribution in [0.1, 0.15) is 29.8 Å². The molecule has 1 aliphatic rings. The van der Waals surface area contributed by atoms with Crippen molar-refractivity contribution in [3.63, 3.8) is 0 Å². The van der Waals surface area contributed by atoms with E-state index in [1.54, 1.807) is 0 Å². The second-order valence-electron chi connectivity index (χ2n) is 6.61. The van der Waals surface area contributed by atoms with Crippen LogP contribution in [0.15, 0.2) is 24.3 Å². The largest absolute Gasteiger partial charge is 0.299 e. The van der Waals surface area contributed by atoms with Crippen LogP contribution in [0.25, 0.3) is 0 Å². The Bertz CT molecular complexity index is 653. The molecule has 0 N–H and O–H groups in total. The molecule has 5 heteroatoms. The highest BCUT2D eigenvalue weighted by molar-refractivity contribution is 5.17. The molecule has 0 bridgehead atoms. The minimum atomic E-state index is -0.501. The summed E-state index contributed by atoms with van der Waals surface area (Å²) in [6.07, 6.45) is 2.19. The van der Waals surface area contributed by atoms with Crippen LogP contribution >= 0.6 is 0 Å². The third-order valence-corrected chi connectivity index (χ3v) is 4.57. The lowest BCUT2D eigenvalue weighted by Gasteiger charge is -2.32. The van der Waals surface area contributed by atoms with Gasteiger partial charge in [-0.3, -0.25) is 9.58 Å². The molecule has 0 unspecified atom stereocenters. The minimum absolute atomic E-state index is 0.501. The zero-order valence-corrected chi connectivity index (χ0v) is 13.7. The second kappa shape index (κ2) is 6.79. The van der Waals surface area contributed by atoms with Crippen molar-refractivity contribution >= 4 is 0 Å². The number of rotatable bonds is 4. The molecule has 3 rings (SSSR count). The smallest absolute Gasteiger partial charge is 0.126 e. The summed E-state index contributed by atoms with van der Waals surface area (Å²) < 4.78 is 28.6. The topological polar surface area (TPSA) is 21.1 Å². The summed E-state index contributed by atoms with van der Waals surface area (Å²) in [5, 5.41) is 4.53. The third-order valence-electron chi connectivity index (χ3n) is 4.57. The van der Waals surface area contributed by atoms with Gasteiger partial charge in [0.1, 0.15) is 11.6 Å². The molecule has 0 saturated carbocycles. The van der Waals surface area contributed by atoms with Crippen LogP contribution in [-0.2, 0) is 13.1 Å². The number of likely N-dealkylation sites (tertiary alicyclic amines) is 1. The van der Waals surface area contributed by atoms with Crippen LogP contribution in [0, 0.1) is 31.4 Å². The maximum Gasteiger partial charge on any atom is 0.126 e. The van der Waals surface area contributed by atoms with Gasteiger partial charge in [-0.25, -0.2) is 8.78 Å². The predicted molar refractivity (Wildman–Crippen MR) is 86.1 cm³/mol. The lowest BCUT2D eigenvalue weighted by molar-refractivity contribution is 0.164. The van der Waals surface area contributed by atoms with Crippen molar-refractivity contribution in [2.75, 3.05) is 13.1 Å². The first kappa shape index (κ1) is 16.1. The van der Waals surface area contributed by atoms with Gasteiger partial charge in [0.2, 0.25) is 0 Å². The van der Waals surface area contributed by atoms with E-state index in [2.05, 4.69) is 27.7 Å². The zero-order valence-electron chi connectivity index (χ0n) is 13.7. The average molecular weight is 319 g/mol. The molecule has 3 nitrogen and oxygen atoms in total. The quantitative estimate of drug-likeness (QED) is 0.857. The molecule has 0 amide bonds. The molecule has 0 radical (unpaired) electrons. The predicted octanol–water partition coefficient (Wildman–Crippen LogP) is 3.69. The molecule has 0 atom stereocenters. The Labute approximate surface area is 135 Å². The number of piperidine rings is 1. The van der Waals surface area contributed by atoms with Crippen molar-refractivity contribution < 1.29 is 8.78 Å². The molecule has 0 spiro atoms. The molecule has 124 valence electrons. The first-order chi connectivity index (χ1) is 11.0. The maximum atomic E-state index is 13.3. The summed E-state index contributed by atoms with van der Waals surface area (Å²) in [6.45, 7) is 7.60. The monoisotopic (exact) mass is 319 g/mol. The molecule has 1 aromatic carbocycles. The van der Waals surface area contributed by atoms with Crippen LogP contribution in [0.2, 0.25) is 0 Å². The van der Waals surface area contributed by atoms with Gasteiger partial charge < -0.3 is 0 Å². The van der Waals surface area contributed by atoms with E-state index in [1.165, 1.54) is 17.8 Å². The van der Waals surface area contributed by atoms with Gasteiger partial charge >= 0.3 is 0 Å². The van der Waals surface area contributed by atoms with Gasteiger partial charge in [-0.15, -0.1) is 0 Å². The van der Waals surface area contributed by atoms with Gasteiger partial charge in [-0.05, 0) is 69.5 Å². The molecule has 23 heavy (non-hydrogen) atoms. The summed E-state index contributed by atoms with van der Waals surface area (Å²) >= 11 is 0. The van der Waals surface area contributed by atoms with Crippen LogP contribution in [0.3, 0.4) is 0 Å². The fraction of sp³-hybridized carbons (Fsp3) is 0.500. The zero-order chi connectivity index (χ0) is 16.4. The third kappa shape index (κ3) is 4.16. The lowest BCUT2D eigenvalue weighted by atomic mass is 9.96.